The Morgan fingerprint density at radius 3 is 3.11 bits per heavy atom. The highest BCUT2D eigenvalue weighted by Gasteiger charge is 2.22. The molecule has 1 fully saturated rings. The second kappa shape index (κ2) is 4.76. The molecule has 1 unspecified atom stereocenters. The second-order valence-corrected chi connectivity index (χ2v) is 4.74. The smallest absolute Gasteiger partial charge is 0.136 e. The number of carbonyl (C=O) groups is 1. The van der Waals surface area contributed by atoms with Gasteiger partial charge in [-0.25, -0.2) is 0 Å². The van der Waals surface area contributed by atoms with E-state index in [2.05, 4.69) is 10.3 Å². The summed E-state index contributed by atoms with van der Waals surface area (Å²) in [7, 11) is 0. The third kappa shape index (κ3) is 2.31. The van der Waals surface area contributed by atoms with Gasteiger partial charge in [-0.05, 0) is 18.6 Å². The second-order valence-electron chi connectivity index (χ2n) is 4.74. The van der Waals surface area contributed by atoms with Crippen LogP contribution in [0.1, 0.15) is 6.42 Å². The molecule has 3 rings (SSSR count). The van der Waals surface area contributed by atoms with Crippen LogP contribution in [0, 0.1) is 0 Å². The fourth-order valence-corrected chi connectivity index (χ4v) is 2.51. The molecule has 1 aromatic carbocycles. The van der Waals surface area contributed by atoms with E-state index < -0.39 is 6.09 Å². The summed E-state index contributed by atoms with van der Waals surface area (Å²) in [6.45, 7) is 1.01. The van der Waals surface area contributed by atoms with Crippen LogP contribution in [0.3, 0.4) is 0 Å². The highest BCUT2D eigenvalue weighted by Crippen LogP contribution is 2.24. The topological polar surface area (TPSA) is 68.3 Å². The number of aromatic nitrogens is 1. The summed E-state index contributed by atoms with van der Waals surface area (Å²) in [5, 5.41) is 16.4. The van der Waals surface area contributed by atoms with Gasteiger partial charge in [-0.15, -0.1) is 0 Å². The Bertz CT molecular complexity index is 609. The summed E-state index contributed by atoms with van der Waals surface area (Å²) in [6, 6.07) is 8.08. The van der Waals surface area contributed by atoms with Crippen LogP contribution >= 0.6 is 0 Å². The minimum Gasteiger partial charge on any atom is -0.530 e. The summed E-state index contributed by atoms with van der Waals surface area (Å²) < 4.78 is 0. The maximum atomic E-state index is 10.8. The number of nitrogens with one attached hydrogen (secondary N) is 1. The Morgan fingerprint density at radius 2 is 2.32 bits per heavy atom. The summed E-state index contributed by atoms with van der Waals surface area (Å²) >= 11 is 0. The standard InChI is InChI=1S/C14H15N3O2/c18-14(19)17-7-5-11(9-17)16-13-3-1-2-10-8-15-6-4-12(10)13/h1-4,6,8,11,16H,5,7,9H2,(H,18,19)/p-1. The molecule has 19 heavy (non-hydrogen) atoms. The first-order chi connectivity index (χ1) is 9.24. The number of carbonyl (C=O) groups excluding carboxylic acids is 1. The average molecular weight is 256 g/mol. The van der Waals surface area contributed by atoms with E-state index in [0.717, 1.165) is 22.9 Å². The Labute approximate surface area is 110 Å². The fraction of sp³-hybridized carbons (Fsp3) is 0.286. The van der Waals surface area contributed by atoms with Crippen LogP contribution in [0.5, 0.6) is 0 Å². The van der Waals surface area contributed by atoms with Crippen molar-refractivity contribution < 1.29 is 9.90 Å². The number of amides is 1. The van der Waals surface area contributed by atoms with Gasteiger partial charge in [0, 0.05) is 48.0 Å². The van der Waals surface area contributed by atoms with Crippen molar-refractivity contribution in [3.63, 3.8) is 0 Å². The summed E-state index contributed by atoms with van der Waals surface area (Å²) in [5.41, 5.74) is 1.02. The Balaban J connectivity index is 1.81. The molecule has 0 radical (unpaired) electrons. The van der Waals surface area contributed by atoms with Gasteiger partial charge in [0.15, 0.2) is 0 Å². The Morgan fingerprint density at radius 1 is 1.42 bits per heavy atom. The van der Waals surface area contributed by atoms with Crippen LogP contribution in [0.4, 0.5) is 10.5 Å². The van der Waals surface area contributed by atoms with Crippen LogP contribution in [0.25, 0.3) is 10.8 Å². The number of nitrogens with zero attached hydrogens (tertiary/aromatic N) is 2. The van der Waals surface area contributed by atoms with Crippen molar-refractivity contribution in [3.8, 4) is 0 Å². The van der Waals surface area contributed by atoms with Gasteiger partial charge < -0.3 is 20.1 Å². The largest absolute Gasteiger partial charge is 0.530 e. The zero-order valence-corrected chi connectivity index (χ0v) is 10.4. The monoisotopic (exact) mass is 256 g/mol. The first-order valence-corrected chi connectivity index (χ1v) is 6.29. The Hall–Kier alpha value is -2.30. The first-order valence-electron chi connectivity index (χ1n) is 6.29. The Kier molecular flexibility index (Phi) is 2.95. The van der Waals surface area contributed by atoms with E-state index in [1.54, 1.807) is 6.20 Å². The lowest BCUT2D eigenvalue weighted by molar-refractivity contribution is -0.264. The van der Waals surface area contributed by atoms with E-state index in [-0.39, 0.29) is 6.04 Å². The predicted octanol–water partition coefficient (Wildman–Crippen LogP) is 1.06. The van der Waals surface area contributed by atoms with Crippen molar-refractivity contribution in [1.82, 2.24) is 9.88 Å². The number of likely N-dealkylation sites (tertiary alicyclic amines) is 1. The third-order valence-corrected chi connectivity index (χ3v) is 3.49. The molecular formula is C14H14N3O2-. The van der Waals surface area contributed by atoms with Gasteiger partial charge in [-0.2, -0.15) is 0 Å². The molecule has 2 aromatic rings. The number of hydrogen-bond acceptors (Lipinski definition) is 4. The molecule has 1 aliphatic heterocycles. The molecule has 0 aliphatic carbocycles. The molecule has 1 aliphatic rings. The molecule has 2 heterocycles. The highest BCUT2D eigenvalue weighted by molar-refractivity contribution is 5.93. The van der Waals surface area contributed by atoms with E-state index in [1.165, 1.54) is 4.90 Å². The van der Waals surface area contributed by atoms with Gasteiger partial charge >= 0.3 is 0 Å². The van der Waals surface area contributed by atoms with Crippen LogP contribution in [0.2, 0.25) is 0 Å². The maximum Gasteiger partial charge on any atom is 0.136 e. The van der Waals surface area contributed by atoms with E-state index in [4.69, 9.17) is 0 Å². The lowest BCUT2D eigenvalue weighted by Gasteiger charge is -2.20. The van der Waals surface area contributed by atoms with Crippen LogP contribution in [-0.2, 0) is 0 Å². The van der Waals surface area contributed by atoms with E-state index >= 15 is 0 Å². The van der Waals surface area contributed by atoms with Gasteiger partial charge in [-0.3, -0.25) is 4.98 Å². The zero-order chi connectivity index (χ0) is 13.2. The van der Waals surface area contributed by atoms with Crippen LogP contribution < -0.4 is 10.4 Å². The number of anilines is 1. The summed E-state index contributed by atoms with van der Waals surface area (Å²) in [5.74, 6) is 0. The molecule has 5 heteroatoms. The molecule has 0 bridgehead atoms. The van der Waals surface area contributed by atoms with Gasteiger partial charge in [0.25, 0.3) is 0 Å². The number of carboxylic acid groups (broad SMARTS) is 1. The van der Waals surface area contributed by atoms with Crippen LogP contribution in [0.15, 0.2) is 36.7 Å². The van der Waals surface area contributed by atoms with Crippen molar-refractivity contribution >= 4 is 22.6 Å². The first kappa shape index (κ1) is 11.8. The average Bonchev–Trinajstić information content (AvgIpc) is 2.88. The van der Waals surface area contributed by atoms with E-state index in [1.807, 2.05) is 30.5 Å². The van der Waals surface area contributed by atoms with Gasteiger partial charge in [0.05, 0.1) is 0 Å². The van der Waals surface area contributed by atoms with Crippen LogP contribution in [-0.4, -0.2) is 35.1 Å². The van der Waals surface area contributed by atoms with Crippen molar-refractivity contribution in [3.05, 3.63) is 36.7 Å². The number of rotatable bonds is 2. The molecule has 1 atom stereocenters. The molecule has 1 amide bonds. The predicted molar refractivity (Wildman–Crippen MR) is 70.7 cm³/mol. The van der Waals surface area contributed by atoms with Crippen molar-refractivity contribution in [1.29, 1.82) is 0 Å². The number of fused-ring (bicyclic) bond motifs is 1. The normalized spacial score (nSPS) is 18.7. The molecule has 1 N–H and O–H groups in total. The lowest BCUT2D eigenvalue weighted by atomic mass is 10.1. The SMILES string of the molecule is O=C([O-])N1CCC(Nc2cccc3cnccc23)C1. The minimum atomic E-state index is -1.09. The number of benzene rings is 1. The number of pyridine rings is 1. The molecule has 98 valence electrons. The number of hydrogen-bond donors (Lipinski definition) is 1. The quantitative estimate of drug-likeness (QED) is 0.872. The van der Waals surface area contributed by atoms with Crippen molar-refractivity contribution in [2.75, 3.05) is 18.4 Å². The molecule has 5 nitrogen and oxygen atoms in total. The molecule has 0 saturated carbocycles. The maximum absolute atomic E-state index is 10.8. The third-order valence-electron chi connectivity index (χ3n) is 3.49. The van der Waals surface area contributed by atoms with Crippen molar-refractivity contribution in [2.45, 2.75) is 12.5 Å². The summed E-state index contributed by atoms with van der Waals surface area (Å²) in [4.78, 5) is 16.2. The van der Waals surface area contributed by atoms with Crippen molar-refractivity contribution in [2.24, 2.45) is 0 Å². The zero-order valence-electron chi connectivity index (χ0n) is 10.4. The van der Waals surface area contributed by atoms with E-state index in [0.29, 0.717) is 13.1 Å². The molecule has 0 spiro atoms. The van der Waals surface area contributed by atoms with Gasteiger partial charge in [0.1, 0.15) is 6.09 Å². The fourth-order valence-electron chi connectivity index (χ4n) is 2.51. The molecule has 1 saturated heterocycles. The highest BCUT2D eigenvalue weighted by atomic mass is 16.4. The molecule has 1 aromatic heterocycles. The molecular weight excluding hydrogens is 242 g/mol. The van der Waals surface area contributed by atoms with E-state index in [9.17, 15) is 9.90 Å². The van der Waals surface area contributed by atoms with Gasteiger partial charge in [-0.1, -0.05) is 12.1 Å². The van der Waals surface area contributed by atoms with Gasteiger partial charge in [0.2, 0.25) is 0 Å². The minimum absolute atomic E-state index is 0.136. The summed E-state index contributed by atoms with van der Waals surface area (Å²) in [6.07, 6.45) is 3.29. The lowest BCUT2D eigenvalue weighted by Crippen LogP contribution is -2.40.